The van der Waals surface area contributed by atoms with E-state index in [9.17, 15) is 4.39 Å². The smallest absolute Gasteiger partial charge is 0.110 e. The average Bonchev–Trinajstić information content (AvgIpc) is 2.15. The first kappa shape index (κ1) is 12.9. The highest BCUT2D eigenvalue weighted by atomic mass is 19.1. The molecule has 0 aliphatic heterocycles. The number of hydrogen-bond acceptors (Lipinski definition) is 1. The molecule has 0 spiro atoms. The molecular weight excluding hydrogens is 177 g/mol. The zero-order valence-corrected chi connectivity index (χ0v) is 9.09. The lowest BCUT2D eigenvalue weighted by Crippen LogP contribution is -1.87. The summed E-state index contributed by atoms with van der Waals surface area (Å²) in [6.07, 6.45) is 10.9. The second-order valence-electron chi connectivity index (χ2n) is 3.45. The van der Waals surface area contributed by atoms with Crippen molar-refractivity contribution in [2.45, 2.75) is 33.1 Å². The zero-order valence-electron chi connectivity index (χ0n) is 9.09. The maximum Gasteiger partial charge on any atom is 0.110 e. The molecule has 14 heavy (non-hydrogen) atoms. The molecule has 2 N–H and O–H groups in total. The molecule has 0 unspecified atom stereocenters. The van der Waals surface area contributed by atoms with Gasteiger partial charge in [-0.2, -0.15) is 0 Å². The Labute approximate surface area is 86.2 Å². The Morgan fingerprint density at radius 2 is 2.00 bits per heavy atom. The normalized spacial score (nSPS) is 13.9. The topological polar surface area (TPSA) is 26.0 Å². The van der Waals surface area contributed by atoms with Crippen molar-refractivity contribution in [3.63, 3.8) is 0 Å². The number of alkyl halides is 1. The van der Waals surface area contributed by atoms with Crippen LogP contribution in [-0.2, 0) is 0 Å². The van der Waals surface area contributed by atoms with Gasteiger partial charge in [-0.25, -0.2) is 4.39 Å². The first-order valence-corrected chi connectivity index (χ1v) is 4.97. The molecule has 0 aromatic carbocycles. The van der Waals surface area contributed by atoms with Crippen LogP contribution < -0.4 is 5.73 Å². The Morgan fingerprint density at radius 3 is 2.57 bits per heavy atom. The predicted molar refractivity (Wildman–Crippen MR) is 60.7 cm³/mol. The fourth-order valence-corrected chi connectivity index (χ4v) is 0.955. The largest absolute Gasteiger partial charge is 0.402 e. The Morgan fingerprint density at radius 1 is 1.29 bits per heavy atom. The molecule has 80 valence electrons. The second kappa shape index (κ2) is 8.54. The number of rotatable bonds is 6. The molecular formula is C12H20FN. The molecule has 0 heterocycles. The molecule has 0 radical (unpaired) electrons. The van der Waals surface area contributed by atoms with E-state index in [4.69, 9.17) is 5.73 Å². The minimum absolute atomic E-state index is 0.328. The lowest BCUT2D eigenvalue weighted by Gasteiger charge is -1.93. The molecule has 0 saturated carbocycles. The summed E-state index contributed by atoms with van der Waals surface area (Å²) in [5.74, 6) is 0. The van der Waals surface area contributed by atoms with Crippen LogP contribution in [0.4, 0.5) is 4.39 Å². The third-order valence-electron chi connectivity index (χ3n) is 1.77. The lowest BCUT2D eigenvalue weighted by atomic mass is 10.2. The summed E-state index contributed by atoms with van der Waals surface area (Å²) < 4.78 is 12.0. The van der Waals surface area contributed by atoms with Crippen LogP contribution in [0.25, 0.3) is 0 Å². The summed E-state index contributed by atoms with van der Waals surface area (Å²) in [7, 11) is 0. The molecule has 0 amide bonds. The van der Waals surface area contributed by atoms with E-state index in [0.717, 1.165) is 30.5 Å². The first-order valence-electron chi connectivity index (χ1n) is 4.97. The van der Waals surface area contributed by atoms with Gasteiger partial charge < -0.3 is 5.73 Å². The van der Waals surface area contributed by atoms with E-state index in [1.165, 1.54) is 0 Å². The van der Waals surface area contributed by atoms with Crippen LogP contribution >= 0.6 is 0 Å². The molecule has 0 aromatic heterocycles. The molecule has 0 aliphatic carbocycles. The van der Waals surface area contributed by atoms with E-state index in [0.29, 0.717) is 0 Å². The summed E-state index contributed by atoms with van der Waals surface area (Å²) in [5.41, 5.74) is 7.09. The van der Waals surface area contributed by atoms with Gasteiger partial charge in [0.05, 0.1) is 0 Å². The van der Waals surface area contributed by atoms with Gasteiger partial charge in [0.25, 0.3) is 0 Å². The fraction of sp³-hybridized carbons (Fsp3) is 0.500. The lowest BCUT2D eigenvalue weighted by molar-refractivity contribution is 0.541. The van der Waals surface area contributed by atoms with Crippen LogP contribution in [-0.4, -0.2) is 6.67 Å². The summed E-state index contributed by atoms with van der Waals surface area (Å²) in [4.78, 5) is 0. The van der Waals surface area contributed by atoms with Gasteiger partial charge in [0, 0.05) is 5.70 Å². The monoisotopic (exact) mass is 197 g/mol. The number of halogens is 1. The molecule has 0 saturated heterocycles. The second-order valence-corrected chi connectivity index (χ2v) is 3.45. The van der Waals surface area contributed by atoms with Crippen LogP contribution in [0.3, 0.4) is 0 Å². The molecule has 2 heteroatoms. The van der Waals surface area contributed by atoms with Gasteiger partial charge in [-0.3, -0.25) is 0 Å². The highest BCUT2D eigenvalue weighted by molar-refractivity contribution is 5.07. The van der Waals surface area contributed by atoms with Crippen LogP contribution in [0, 0.1) is 0 Å². The van der Waals surface area contributed by atoms with Gasteiger partial charge in [-0.05, 0) is 44.8 Å². The molecule has 0 rings (SSSR count). The van der Waals surface area contributed by atoms with Crippen molar-refractivity contribution in [1.82, 2.24) is 0 Å². The van der Waals surface area contributed by atoms with E-state index in [1.807, 2.05) is 32.1 Å². The van der Waals surface area contributed by atoms with Crippen LogP contribution in [0.1, 0.15) is 33.1 Å². The number of allylic oxidation sites excluding steroid dienone is 6. The van der Waals surface area contributed by atoms with E-state index in [2.05, 4.69) is 6.08 Å². The third-order valence-corrected chi connectivity index (χ3v) is 1.77. The van der Waals surface area contributed by atoms with Crippen molar-refractivity contribution in [2.24, 2.45) is 5.73 Å². The summed E-state index contributed by atoms with van der Waals surface area (Å²) in [6, 6.07) is 0. The maximum atomic E-state index is 12.0. The number of unbranched alkanes of at least 4 members (excludes halogenated alkanes) is 2. The van der Waals surface area contributed by atoms with Gasteiger partial charge in [0.15, 0.2) is 0 Å². The van der Waals surface area contributed by atoms with Gasteiger partial charge in [-0.1, -0.05) is 18.2 Å². The van der Waals surface area contributed by atoms with E-state index >= 15 is 0 Å². The van der Waals surface area contributed by atoms with E-state index in [1.54, 1.807) is 0 Å². The summed E-state index contributed by atoms with van der Waals surface area (Å²) in [5, 5.41) is 0. The highest BCUT2D eigenvalue weighted by Crippen LogP contribution is 2.02. The molecule has 0 fully saturated rings. The van der Waals surface area contributed by atoms with Crippen molar-refractivity contribution in [3.05, 3.63) is 35.6 Å². The number of nitrogens with two attached hydrogens (primary N) is 1. The predicted octanol–water partition coefficient (Wildman–Crippen LogP) is 3.49. The SMILES string of the molecule is C/C(N)=C\C=C\CCC/C=C(\C)CF. The maximum absolute atomic E-state index is 12.0. The Kier molecular flexibility index (Phi) is 7.90. The van der Waals surface area contributed by atoms with Gasteiger partial charge in [-0.15, -0.1) is 0 Å². The average molecular weight is 197 g/mol. The van der Waals surface area contributed by atoms with Gasteiger partial charge >= 0.3 is 0 Å². The third kappa shape index (κ3) is 9.04. The van der Waals surface area contributed by atoms with Crippen molar-refractivity contribution < 1.29 is 4.39 Å². The van der Waals surface area contributed by atoms with E-state index in [-0.39, 0.29) is 6.67 Å². The van der Waals surface area contributed by atoms with Crippen LogP contribution in [0.15, 0.2) is 35.6 Å². The minimum Gasteiger partial charge on any atom is -0.402 e. The van der Waals surface area contributed by atoms with Crippen molar-refractivity contribution in [1.29, 1.82) is 0 Å². The Bertz CT molecular complexity index is 222. The molecule has 1 nitrogen and oxygen atoms in total. The Balaban J connectivity index is 3.47. The first-order chi connectivity index (χ1) is 6.66. The van der Waals surface area contributed by atoms with Crippen molar-refractivity contribution >= 4 is 0 Å². The van der Waals surface area contributed by atoms with Gasteiger partial charge in [0.1, 0.15) is 6.67 Å². The number of hydrogen-bond donors (Lipinski definition) is 1. The van der Waals surface area contributed by atoms with Gasteiger partial charge in [0.2, 0.25) is 0 Å². The van der Waals surface area contributed by atoms with Crippen molar-refractivity contribution in [3.8, 4) is 0 Å². The Hall–Kier alpha value is -1.05. The summed E-state index contributed by atoms with van der Waals surface area (Å²) >= 11 is 0. The minimum atomic E-state index is -0.328. The highest BCUT2D eigenvalue weighted by Gasteiger charge is 1.86. The van der Waals surface area contributed by atoms with Crippen LogP contribution in [0.5, 0.6) is 0 Å². The van der Waals surface area contributed by atoms with E-state index < -0.39 is 0 Å². The zero-order chi connectivity index (χ0) is 10.8. The molecule has 0 aromatic rings. The summed E-state index contributed by atoms with van der Waals surface area (Å²) in [6.45, 7) is 3.35. The fourth-order valence-electron chi connectivity index (χ4n) is 0.955. The standard InChI is InChI=1S/C12H20FN/c1-11(10-13)8-6-4-3-5-7-9-12(2)14/h5,7-9H,3-4,6,10,14H2,1-2H3/b7-5+,11-8+,12-9+. The molecule has 0 atom stereocenters. The quantitative estimate of drug-likeness (QED) is 0.393. The van der Waals surface area contributed by atoms with Crippen molar-refractivity contribution in [2.75, 3.05) is 6.67 Å². The molecule has 0 bridgehead atoms. The molecule has 0 aliphatic rings. The van der Waals surface area contributed by atoms with Crippen LogP contribution in [0.2, 0.25) is 0 Å².